The maximum atomic E-state index is 6.33. The van der Waals surface area contributed by atoms with Crippen LogP contribution in [-0.4, -0.2) is 32.6 Å². The maximum Gasteiger partial charge on any atom is 0.179 e. The summed E-state index contributed by atoms with van der Waals surface area (Å²) in [5.74, 6) is 1.73. The zero-order valence-corrected chi connectivity index (χ0v) is 37.2. The summed E-state index contributed by atoms with van der Waals surface area (Å²) in [6, 6.07) is 80.3. The van der Waals surface area contributed by atoms with Crippen molar-refractivity contribution in [2.75, 3.05) is 0 Å². The Balaban J connectivity index is 1.01. The monoisotopic (exact) mass is 873 g/mol. The lowest BCUT2D eigenvalue weighted by Crippen LogP contribution is -2.74. The van der Waals surface area contributed by atoms with Crippen LogP contribution in [0.1, 0.15) is 0 Å². The Bertz CT molecular complexity index is 3830. The van der Waals surface area contributed by atoms with Crippen molar-refractivity contribution < 1.29 is 4.42 Å². The third-order valence-electron chi connectivity index (χ3n) is 13.3. The van der Waals surface area contributed by atoms with E-state index in [2.05, 4.69) is 222 Å². The predicted molar refractivity (Wildman–Crippen MR) is 277 cm³/mol. The van der Waals surface area contributed by atoms with Crippen LogP contribution in [0, 0.1) is 0 Å². The SMILES string of the molecule is c1ccc([Si](c2ccccc2)(c2ccccc2)c2ccc(-c3nc(-c4ccc5c(c4)oc4cnccc45)nc(-c4ccc(-n5c6ccccc6c6ccccc65)c5ccccc45)n3)cc2)cc1. The fourth-order valence-electron chi connectivity index (χ4n) is 10.3. The number of hydrogen-bond donors (Lipinski definition) is 0. The summed E-state index contributed by atoms with van der Waals surface area (Å²) >= 11 is 0. The van der Waals surface area contributed by atoms with Crippen LogP contribution in [-0.2, 0) is 0 Å². The molecule has 0 unspecified atom stereocenters. The molecule has 0 saturated carbocycles. The Morgan fingerprint density at radius 2 is 0.851 bits per heavy atom. The van der Waals surface area contributed by atoms with Crippen LogP contribution < -0.4 is 20.7 Å². The van der Waals surface area contributed by atoms with Crippen molar-refractivity contribution in [1.82, 2.24) is 24.5 Å². The third-order valence-corrected chi connectivity index (χ3v) is 18.1. The molecule has 9 aromatic carbocycles. The predicted octanol–water partition coefficient (Wildman–Crippen LogP) is 11.8. The van der Waals surface area contributed by atoms with Crippen molar-refractivity contribution in [2.24, 2.45) is 0 Å². The lowest BCUT2D eigenvalue weighted by molar-refractivity contribution is 0.667. The number of rotatable bonds is 8. The summed E-state index contributed by atoms with van der Waals surface area (Å²) in [6.07, 6.45) is 3.56. The van der Waals surface area contributed by atoms with Crippen LogP contribution in [0.4, 0.5) is 0 Å². The fourth-order valence-corrected chi connectivity index (χ4v) is 15.1. The molecule has 4 aromatic heterocycles. The first-order valence-electron chi connectivity index (χ1n) is 22.5. The van der Waals surface area contributed by atoms with Crippen molar-refractivity contribution in [3.8, 4) is 39.9 Å². The van der Waals surface area contributed by atoms with E-state index in [0.29, 0.717) is 17.5 Å². The highest BCUT2D eigenvalue weighted by Crippen LogP contribution is 2.38. The van der Waals surface area contributed by atoms with Gasteiger partial charge in [-0.2, -0.15) is 0 Å². The second kappa shape index (κ2) is 15.7. The summed E-state index contributed by atoms with van der Waals surface area (Å²) in [6.45, 7) is 0. The minimum Gasteiger partial charge on any atom is -0.454 e. The Morgan fingerprint density at radius 1 is 0.358 bits per heavy atom. The van der Waals surface area contributed by atoms with Gasteiger partial charge in [-0.05, 0) is 68.6 Å². The molecule has 0 fully saturated rings. The lowest BCUT2D eigenvalue weighted by atomic mass is 10.0. The van der Waals surface area contributed by atoms with Crippen LogP contribution in [0.25, 0.3) is 94.4 Å². The molecule has 67 heavy (non-hydrogen) atoms. The summed E-state index contributed by atoms with van der Waals surface area (Å²) < 4.78 is 8.71. The van der Waals surface area contributed by atoms with Crippen LogP contribution in [0.15, 0.2) is 241 Å². The summed E-state index contributed by atoms with van der Waals surface area (Å²) in [4.78, 5) is 20.2. The first kappa shape index (κ1) is 38.7. The third kappa shape index (κ3) is 6.24. The van der Waals surface area contributed by atoms with Gasteiger partial charge < -0.3 is 8.98 Å². The molecule has 6 nitrogen and oxygen atoms in total. The normalized spacial score (nSPS) is 11.9. The van der Waals surface area contributed by atoms with Crippen molar-refractivity contribution in [2.45, 2.75) is 0 Å². The molecule has 13 aromatic rings. The van der Waals surface area contributed by atoms with E-state index in [1.54, 1.807) is 12.4 Å². The van der Waals surface area contributed by atoms with Gasteiger partial charge in [0.05, 0.1) is 22.9 Å². The fraction of sp³-hybridized carbons (Fsp3) is 0. The van der Waals surface area contributed by atoms with Crippen molar-refractivity contribution >= 4 is 83.3 Å². The molecule has 0 atom stereocenters. The van der Waals surface area contributed by atoms with Crippen molar-refractivity contribution in [1.29, 1.82) is 0 Å². The van der Waals surface area contributed by atoms with E-state index in [0.717, 1.165) is 66.1 Å². The zero-order chi connectivity index (χ0) is 44.3. The minimum absolute atomic E-state index is 0.557. The van der Waals surface area contributed by atoms with E-state index in [9.17, 15) is 0 Å². The number of benzene rings is 9. The number of furan rings is 1. The molecule has 314 valence electrons. The molecular weight excluding hydrogens is 835 g/mol. The summed E-state index contributed by atoms with van der Waals surface area (Å²) in [7, 11) is -2.75. The molecule has 0 saturated heterocycles. The van der Waals surface area contributed by atoms with Gasteiger partial charge in [0.15, 0.2) is 31.1 Å². The molecule has 0 aliphatic heterocycles. The van der Waals surface area contributed by atoms with Crippen molar-refractivity contribution in [3.05, 3.63) is 237 Å². The number of pyridine rings is 1. The minimum atomic E-state index is -2.75. The van der Waals surface area contributed by atoms with Gasteiger partial charge in [-0.15, -0.1) is 0 Å². The molecule has 0 N–H and O–H groups in total. The average molecular weight is 874 g/mol. The lowest BCUT2D eigenvalue weighted by Gasteiger charge is -2.34. The number of fused-ring (bicyclic) bond motifs is 7. The van der Waals surface area contributed by atoms with Crippen molar-refractivity contribution in [3.63, 3.8) is 0 Å². The first-order chi connectivity index (χ1) is 33.2. The summed E-state index contributed by atoms with van der Waals surface area (Å²) in [5.41, 5.74) is 7.54. The van der Waals surface area contributed by atoms with E-state index < -0.39 is 8.07 Å². The standard InChI is InChI=1S/C60H39N5OSi/c1-4-16-42(17-5-1)67(43-18-6-2-7-19-43,44-20-8-3-9-21-44)45-31-28-40(29-32-45)58-62-59(41-30-33-50-51-36-37-61-39-57(51)66-56(50)38-41)64-60(63-58)52-34-35-55(47-23-11-10-22-46(47)52)65-53-26-14-12-24-48(53)49-25-13-15-27-54(49)65/h1-39H. The van der Waals surface area contributed by atoms with Gasteiger partial charge in [-0.25, -0.2) is 15.0 Å². The topological polar surface area (TPSA) is 69.6 Å². The number of nitrogens with zero attached hydrogens (tertiary/aromatic N) is 5. The Hall–Kier alpha value is -8.78. The number of aromatic nitrogens is 5. The molecule has 0 aliphatic carbocycles. The molecule has 0 amide bonds. The maximum absolute atomic E-state index is 6.33. The highest BCUT2D eigenvalue weighted by atomic mass is 28.3. The van der Waals surface area contributed by atoms with Gasteiger partial charge in [0.25, 0.3) is 0 Å². The van der Waals surface area contributed by atoms with Gasteiger partial charge in [0.2, 0.25) is 0 Å². The van der Waals surface area contributed by atoms with E-state index in [1.165, 1.54) is 31.5 Å². The van der Waals surface area contributed by atoms with Crippen LogP contribution >= 0.6 is 0 Å². The zero-order valence-electron chi connectivity index (χ0n) is 36.2. The first-order valence-corrected chi connectivity index (χ1v) is 24.5. The van der Waals surface area contributed by atoms with E-state index in [4.69, 9.17) is 19.4 Å². The van der Waals surface area contributed by atoms with E-state index in [-0.39, 0.29) is 0 Å². The van der Waals surface area contributed by atoms with Gasteiger partial charge in [0, 0.05) is 49.8 Å². The second-order valence-electron chi connectivity index (χ2n) is 17.0. The Kier molecular flexibility index (Phi) is 9.08. The molecule has 13 rings (SSSR count). The Labute approximate surface area is 387 Å². The highest BCUT2D eigenvalue weighted by Gasteiger charge is 2.41. The largest absolute Gasteiger partial charge is 0.454 e. The van der Waals surface area contributed by atoms with E-state index >= 15 is 0 Å². The smallest absolute Gasteiger partial charge is 0.179 e. The number of hydrogen-bond acceptors (Lipinski definition) is 5. The van der Waals surface area contributed by atoms with Crippen LogP contribution in [0.3, 0.4) is 0 Å². The van der Waals surface area contributed by atoms with Crippen LogP contribution in [0.5, 0.6) is 0 Å². The van der Waals surface area contributed by atoms with Crippen LogP contribution in [0.2, 0.25) is 0 Å². The number of para-hydroxylation sites is 2. The van der Waals surface area contributed by atoms with E-state index in [1.807, 2.05) is 12.1 Å². The molecular formula is C60H39N5OSi. The molecule has 4 heterocycles. The van der Waals surface area contributed by atoms with Gasteiger partial charge in [0.1, 0.15) is 5.58 Å². The van der Waals surface area contributed by atoms with Gasteiger partial charge in [-0.1, -0.05) is 182 Å². The molecule has 0 bridgehead atoms. The second-order valence-corrected chi connectivity index (χ2v) is 20.8. The van der Waals surface area contributed by atoms with Gasteiger partial charge in [-0.3, -0.25) is 4.98 Å². The molecule has 0 radical (unpaired) electrons. The Morgan fingerprint density at radius 3 is 1.48 bits per heavy atom. The quantitative estimate of drug-likeness (QED) is 0.112. The molecule has 7 heteroatoms. The summed E-state index contributed by atoms with van der Waals surface area (Å²) in [5, 5.41) is 11.8. The van der Waals surface area contributed by atoms with Gasteiger partial charge >= 0.3 is 0 Å². The molecule has 0 aliphatic rings. The highest BCUT2D eigenvalue weighted by molar-refractivity contribution is 7.19. The molecule has 0 spiro atoms. The average Bonchev–Trinajstić information content (AvgIpc) is 3.95.